The van der Waals surface area contributed by atoms with E-state index < -0.39 is 25.2 Å². The fourth-order valence-corrected chi connectivity index (χ4v) is 17.1. The molecule has 0 aromatic rings. The fourth-order valence-electron chi connectivity index (χ4n) is 2.92. The Morgan fingerprint density at radius 1 is 0.739 bits per heavy atom. The van der Waals surface area contributed by atoms with Crippen molar-refractivity contribution in [3.05, 3.63) is 0 Å². The summed E-state index contributed by atoms with van der Waals surface area (Å²) < 4.78 is 18.6. The normalized spacial score (nSPS) is 13.6. The molecule has 0 heterocycles. The molecule has 0 spiro atoms. The Kier molecular flexibility index (Phi) is 11.4. The van der Waals surface area contributed by atoms with Crippen molar-refractivity contribution in [2.75, 3.05) is 19.8 Å². The zero-order valence-corrected chi connectivity index (χ0v) is 19.5. The van der Waals surface area contributed by atoms with Crippen LogP contribution in [-0.2, 0) is 13.0 Å². The zero-order valence-electron chi connectivity index (χ0n) is 16.5. The Morgan fingerprint density at radius 2 is 1.22 bits per heavy atom. The van der Waals surface area contributed by atoms with Crippen molar-refractivity contribution in [3.63, 3.8) is 0 Å². The lowest BCUT2D eigenvalue weighted by atomic mass is 10.4. The highest BCUT2D eigenvalue weighted by molar-refractivity contribution is 6.87. The summed E-state index contributed by atoms with van der Waals surface area (Å²) in [5.41, 5.74) is 0. The van der Waals surface area contributed by atoms with Crippen LogP contribution in [0.4, 0.5) is 0 Å². The highest BCUT2D eigenvalue weighted by atomic mass is 28.5. The number of hydrogen-bond donors (Lipinski definition) is 1. The van der Waals surface area contributed by atoms with Gasteiger partial charge in [-0.1, -0.05) is 19.8 Å². The monoisotopic (exact) mass is 380 g/mol. The van der Waals surface area contributed by atoms with Crippen LogP contribution in [0.1, 0.15) is 32.6 Å². The average molecular weight is 381 g/mol. The minimum absolute atomic E-state index is 0.207. The molecular weight excluding hydrogens is 340 g/mol. The summed E-state index contributed by atoms with van der Waals surface area (Å²) in [5, 5.41) is 8.73. The Balaban J connectivity index is 4.22. The first kappa shape index (κ1) is 23.5. The van der Waals surface area contributed by atoms with Gasteiger partial charge in [-0.05, 0) is 64.2 Å². The van der Waals surface area contributed by atoms with Gasteiger partial charge in [-0.3, -0.25) is 0 Å². The van der Waals surface area contributed by atoms with E-state index in [2.05, 4.69) is 46.2 Å². The van der Waals surface area contributed by atoms with Gasteiger partial charge in [-0.25, -0.2) is 0 Å². The van der Waals surface area contributed by atoms with E-state index in [1.807, 2.05) is 0 Å². The van der Waals surface area contributed by atoms with Crippen molar-refractivity contribution >= 4 is 25.2 Å². The van der Waals surface area contributed by atoms with Crippen molar-refractivity contribution in [2.45, 2.75) is 84.0 Å². The minimum atomic E-state index is -2.06. The van der Waals surface area contributed by atoms with Crippen LogP contribution in [0.25, 0.3) is 0 Å². The number of aliphatic hydroxyl groups is 1. The molecule has 0 radical (unpaired) electrons. The number of ether oxygens (including phenoxy) is 1. The van der Waals surface area contributed by atoms with Gasteiger partial charge in [0, 0.05) is 19.8 Å². The number of hydrogen-bond acceptors (Lipinski definition) is 4. The SMILES string of the molecule is CCCC[Si](C)(C)O[Si](C)(C)O[Si](C)(C)CCCOCCCO. The molecule has 0 aromatic carbocycles. The van der Waals surface area contributed by atoms with E-state index in [1.165, 1.54) is 18.9 Å². The summed E-state index contributed by atoms with van der Waals surface area (Å²) in [6.07, 6.45) is 4.25. The fraction of sp³-hybridized carbons (Fsp3) is 1.00. The summed E-state index contributed by atoms with van der Waals surface area (Å²) in [6, 6.07) is 2.33. The lowest BCUT2D eigenvalue weighted by Gasteiger charge is -2.38. The number of rotatable bonds is 14. The molecule has 7 heteroatoms. The first-order valence-corrected chi connectivity index (χ1v) is 18.2. The number of unbranched alkanes of at least 4 members (excludes halogenated alkanes) is 1. The highest BCUT2D eigenvalue weighted by Crippen LogP contribution is 2.26. The van der Waals surface area contributed by atoms with Crippen LogP contribution in [-0.4, -0.2) is 50.1 Å². The van der Waals surface area contributed by atoms with Crippen LogP contribution in [0.15, 0.2) is 0 Å². The molecule has 1 N–H and O–H groups in total. The van der Waals surface area contributed by atoms with Gasteiger partial charge < -0.3 is 18.1 Å². The second kappa shape index (κ2) is 11.2. The molecule has 0 bridgehead atoms. The van der Waals surface area contributed by atoms with Crippen LogP contribution in [0.3, 0.4) is 0 Å². The molecule has 0 aliphatic rings. The molecule has 0 amide bonds. The molecule has 0 aliphatic carbocycles. The molecule has 0 rings (SSSR count). The molecule has 0 aromatic heterocycles. The van der Waals surface area contributed by atoms with Crippen LogP contribution < -0.4 is 0 Å². The van der Waals surface area contributed by atoms with Gasteiger partial charge >= 0.3 is 8.56 Å². The summed E-state index contributed by atoms with van der Waals surface area (Å²) in [5.74, 6) is 0. The quantitative estimate of drug-likeness (QED) is 0.350. The van der Waals surface area contributed by atoms with E-state index in [1.54, 1.807) is 0 Å². The van der Waals surface area contributed by atoms with Crippen LogP contribution in [0.5, 0.6) is 0 Å². The van der Waals surface area contributed by atoms with Crippen molar-refractivity contribution in [2.24, 2.45) is 0 Å². The van der Waals surface area contributed by atoms with Crippen molar-refractivity contribution in [1.82, 2.24) is 0 Å². The van der Waals surface area contributed by atoms with E-state index in [0.717, 1.165) is 25.5 Å². The van der Waals surface area contributed by atoms with Gasteiger partial charge in [0.1, 0.15) is 0 Å². The first-order valence-electron chi connectivity index (χ1n) is 9.12. The second-order valence-corrected chi connectivity index (χ2v) is 20.5. The third-order valence-electron chi connectivity index (χ3n) is 3.69. The predicted molar refractivity (Wildman–Crippen MR) is 106 cm³/mol. The topological polar surface area (TPSA) is 47.9 Å². The van der Waals surface area contributed by atoms with E-state index >= 15 is 0 Å². The third kappa shape index (κ3) is 13.5. The van der Waals surface area contributed by atoms with Gasteiger partial charge in [0.15, 0.2) is 16.6 Å². The Labute approximate surface area is 147 Å². The molecule has 0 saturated heterocycles. The van der Waals surface area contributed by atoms with Gasteiger partial charge in [-0.2, -0.15) is 0 Å². The second-order valence-electron chi connectivity index (χ2n) is 8.02. The third-order valence-corrected chi connectivity index (χ3v) is 15.2. The summed E-state index contributed by atoms with van der Waals surface area (Å²) in [6.45, 7) is 17.5. The summed E-state index contributed by atoms with van der Waals surface area (Å²) in [7, 11) is -5.37. The van der Waals surface area contributed by atoms with Crippen LogP contribution in [0.2, 0.25) is 51.4 Å². The van der Waals surface area contributed by atoms with E-state index in [9.17, 15) is 0 Å². The molecule has 0 aliphatic heterocycles. The minimum Gasteiger partial charge on any atom is -0.437 e. The van der Waals surface area contributed by atoms with E-state index in [0.29, 0.717) is 6.61 Å². The number of aliphatic hydroxyl groups excluding tert-OH is 1. The van der Waals surface area contributed by atoms with Crippen molar-refractivity contribution in [3.8, 4) is 0 Å². The van der Waals surface area contributed by atoms with Gasteiger partial charge in [0.25, 0.3) is 0 Å². The predicted octanol–water partition coefficient (Wildman–Crippen LogP) is 4.72. The van der Waals surface area contributed by atoms with E-state index in [-0.39, 0.29) is 6.61 Å². The highest BCUT2D eigenvalue weighted by Gasteiger charge is 2.39. The standard InChI is InChI=1S/C16H40O4Si3/c1-8-9-15-21(2,3)19-23(6,7)20-22(4,5)16-11-14-18-13-10-12-17/h17H,8-16H2,1-7H3. The van der Waals surface area contributed by atoms with Crippen molar-refractivity contribution in [1.29, 1.82) is 0 Å². The molecule has 140 valence electrons. The Hall–Kier alpha value is 0.491. The maximum absolute atomic E-state index is 8.73. The lowest BCUT2D eigenvalue weighted by molar-refractivity contribution is 0.116. The van der Waals surface area contributed by atoms with Crippen LogP contribution >= 0.6 is 0 Å². The maximum Gasteiger partial charge on any atom is 0.311 e. The van der Waals surface area contributed by atoms with Gasteiger partial charge in [0.05, 0.1) is 0 Å². The summed E-state index contributed by atoms with van der Waals surface area (Å²) >= 11 is 0. The van der Waals surface area contributed by atoms with E-state index in [4.69, 9.17) is 18.1 Å². The largest absolute Gasteiger partial charge is 0.437 e. The molecular formula is C16H40O4Si3. The average Bonchev–Trinajstić information content (AvgIpc) is 2.37. The van der Waals surface area contributed by atoms with Gasteiger partial charge in [-0.15, -0.1) is 0 Å². The van der Waals surface area contributed by atoms with Crippen LogP contribution in [0, 0.1) is 0 Å². The molecule has 0 atom stereocenters. The molecule has 0 unspecified atom stereocenters. The Morgan fingerprint density at radius 3 is 1.70 bits per heavy atom. The van der Waals surface area contributed by atoms with Gasteiger partial charge in [0.2, 0.25) is 0 Å². The molecule has 0 saturated carbocycles. The zero-order chi connectivity index (χ0) is 18.0. The molecule has 4 nitrogen and oxygen atoms in total. The Bertz CT molecular complexity index is 310. The maximum atomic E-state index is 8.73. The smallest absolute Gasteiger partial charge is 0.311 e. The first-order chi connectivity index (χ1) is 10.5. The molecule has 0 fully saturated rings. The molecule has 23 heavy (non-hydrogen) atoms. The van der Waals surface area contributed by atoms with Crippen molar-refractivity contribution < 1.29 is 18.1 Å². The lowest BCUT2D eigenvalue weighted by Crippen LogP contribution is -2.52. The summed E-state index contributed by atoms with van der Waals surface area (Å²) in [4.78, 5) is 0.